The van der Waals surface area contributed by atoms with Crippen LogP contribution in [-0.2, 0) is 0 Å². The second kappa shape index (κ2) is 7.00. The zero-order chi connectivity index (χ0) is 14.4. The van der Waals surface area contributed by atoms with E-state index in [2.05, 4.69) is 43.5 Å². The largest absolute Gasteiger partial charge is 0.370 e. The van der Waals surface area contributed by atoms with Crippen LogP contribution in [0, 0.1) is 0 Å². The maximum absolute atomic E-state index is 12.2. The molecule has 0 aromatic carbocycles. The smallest absolute Gasteiger partial charge is 0.255 e. The molecule has 0 aliphatic rings. The minimum atomic E-state index is -0.182. The van der Waals surface area contributed by atoms with E-state index in [4.69, 9.17) is 0 Å². The van der Waals surface area contributed by atoms with Crippen molar-refractivity contribution in [2.75, 3.05) is 17.2 Å². The van der Waals surface area contributed by atoms with Gasteiger partial charge in [0.15, 0.2) is 0 Å². The normalized spacial score (nSPS) is 10.1. The number of nitrogens with zero attached hydrogens (tertiary/aromatic N) is 2. The van der Waals surface area contributed by atoms with Gasteiger partial charge in [0.1, 0.15) is 5.82 Å². The standard InChI is InChI=1S/C14H15BrN4O/c1-2-5-17-13-8-10(3-7-18-13)14(20)19-12-4-6-16-9-11(12)15/h3-4,6-9H,2,5H2,1H3,(H,17,18)(H,16,19,20). The molecule has 2 N–H and O–H groups in total. The summed E-state index contributed by atoms with van der Waals surface area (Å²) in [7, 11) is 0. The highest BCUT2D eigenvalue weighted by atomic mass is 79.9. The molecule has 0 fully saturated rings. The SMILES string of the molecule is CCCNc1cc(C(=O)Nc2ccncc2Br)ccn1. The summed E-state index contributed by atoms with van der Waals surface area (Å²) < 4.78 is 0.742. The zero-order valence-electron chi connectivity index (χ0n) is 11.1. The molecule has 0 saturated heterocycles. The zero-order valence-corrected chi connectivity index (χ0v) is 12.6. The quantitative estimate of drug-likeness (QED) is 0.880. The van der Waals surface area contributed by atoms with Gasteiger partial charge < -0.3 is 10.6 Å². The van der Waals surface area contributed by atoms with Crippen molar-refractivity contribution in [2.24, 2.45) is 0 Å². The van der Waals surface area contributed by atoms with Gasteiger partial charge in [-0.25, -0.2) is 4.98 Å². The molecule has 6 heteroatoms. The third-order valence-corrected chi connectivity index (χ3v) is 3.23. The number of aromatic nitrogens is 2. The molecule has 20 heavy (non-hydrogen) atoms. The van der Waals surface area contributed by atoms with Gasteiger partial charge >= 0.3 is 0 Å². The Labute approximate surface area is 126 Å². The molecule has 2 aromatic heterocycles. The second-order valence-electron chi connectivity index (χ2n) is 4.17. The molecule has 0 aliphatic carbocycles. The number of anilines is 2. The Hall–Kier alpha value is -1.95. The fourth-order valence-electron chi connectivity index (χ4n) is 1.59. The summed E-state index contributed by atoms with van der Waals surface area (Å²) in [4.78, 5) is 20.3. The van der Waals surface area contributed by atoms with Crippen molar-refractivity contribution >= 4 is 33.3 Å². The van der Waals surface area contributed by atoms with Gasteiger partial charge in [-0.05, 0) is 40.5 Å². The number of amides is 1. The van der Waals surface area contributed by atoms with Gasteiger partial charge in [-0.3, -0.25) is 9.78 Å². The highest BCUT2D eigenvalue weighted by Gasteiger charge is 2.09. The lowest BCUT2D eigenvalue weighted by atomic mass is 10.2. The van der Waals surface area contributed by atoms with Crippen LogP contribution in [0.25, 0.3) is 0 Å². The van der Waals surface area contributed by atoms with E-state index >= 15 is 0 Å². The molecule has 2 heterocycles. The number of halogens is 1. The van der Waals surface area contributed by atoms with Crippen molar-refractivity contribution in [3.05, 3.63) is 46.8 Å². The van der Waals surface area contributed by atoms with E-state index in [1.165, 1.54) is 0 Å². The Morgan fingerprint density at radius 2 is 2.20 bits per heavy atom. The molecule has 0 aliphatic heterocycles. The molecule has 104 valence electrons. The van der Waals surface area contributed by atoms with E-state index in [1.807, 2.05) is 0 Å². The molecule has 0 radical (unpaired) electrons. The van der Waals surface area contributed by atoms with Crippen LogP contribution < -0.4 is 10.6 Å². The van der Waals surface area contributed by atoms with Crippen LogP contribution in [0.1, 0.15) is 23.7 Å². The highest BCUT2D eigenvalue weighted by Crippen LogP contribution is 2.20. The number of carbonyl (C=O) groups is 1. The number of hydrogen-bond donors (Lipinski definition) is 2. The summed E-state index contributed by atoms with van der Waals surface area (Å²) in [6, 6.07) is 5.15. The van der Waals surface area contributed by atoms with Crippen molar-refractivity contribution in [1.29, 1.82) is 0 Å². The molecule has 0 spiro atoms. The first-order valence-corrected chi connectivity index (χ1v) is 7.11. The van der Waals surface area contributed by atoms with Crippen LogP contribution in [0.4, 0.5) is 11.5 Å². The van der Waals surface area contributed by atoms with Gasteiger partial charge in [-0.1, -0.05) is 6.92 Å². The Kier molecular flexibility index (Phi) is 5.06. The third-order valence-electron chi connectivity index (χ3n) is 2.60. The molecular weight excluding hydrogens is 320 g/mol. The number of hydrogen-bond acceptors (Lipinski definition) is 4. The minimum absolute atomic E-state index is 0.182. The average Bonchev–Trinajstić information content (AvgIpc) is 2.48. The first-order chi connectivity index (χ1) is 9.70. The Bertz CT molecular complexity index is 603. The summed E-state index contributed by atoms with van der Waals surface area (Å²) in [5.74, 6) is 0.521. The number of nitrogens with one attached hydrogen (secondary N) is 2. The first-order valence-electron chi connectivity index (χ1n) is 6.31. The van der Waals surface area contributed by atoms with E-state index in [0.717, 1.165) is 17.4 Å². The lowest BCUT2D eigenvalue weighted by Gasteiger charge is -2.08. The molecule has 5 nitrogen and oxygen atoms in total. The second-order valence-corrected chi connectivity index (χ2v) is 5.02. The van der Waals surface area contributed by atoms with Crippen molar-refractivity contribution in [1.82, 2.24) is 9.97 Å². The summed E-state index contributed by atoms with van der Waals surface area (Å²) in [6.07, 6.45) is 5.88. The number of pyridine rings is 2. The van der Waals surface area contributed by atoms with E-state index < -0.39 is 0 Å². The number of carbonyl (C=O) groups excluding carboxylic acids is 1. The summed E-state index contributed by atoms with van der Waals surface area (Å²) in [5, 5.41) is 5.98. The summed E-state index contributed by atoms with van der Waals surface area (Å²) in [5.41, 5.74) is 1.24. The lowest BCUT2D eigenvalue weighted by Crippen LogP contribution is -2.13. The monoisotopic (exact) mass is 334 g/mol. The van der Waals surface area contributed by atoms with Crippen molar-refractivity contribution in [3.63, 3.8) is 0 Å². The van der Waals surface area contributed by atoms with Crippen LogP contribution in [0.2, 0.25) is 0 Å². The van der Waals surface area contributed by atoms with Crippen molar-refractivity contribution in [3.8, 4) is 0 Å². The maximum Gasteiger partial charge on any atom is 0.255 e. The van der Waals surface area contributed by atoms with E-state index in [-0.39, 0.29) is 5.91 Å². The van der Waals surface area contributed by atoms with Gasteiger partial charge in [0.25, 0.3) is 5.91 Å². The predicted molar refractivity (Wildman–Crippen MR) is 82.9 cm³/mol. The highest BCUT2D eigenvalue weighted by molar-refractivity contribution is 9.10. The fraction of sp³-hybridized carbons (Fsp3) is 0.214. The topological polar surface area (TPSA) is 66.9 Å². The van der Waals surface area contributed by atoms with Crippen molar-refractivity contribution < 1.29 is 4.79 Å². The lowest BCUT2D eigenvalue weighted by molar-refractivity contribution is 0.102. The van der Waals surface area contributed by atoms with Gasteiger partial charge in [-0.15, -0.1) is 0 Å². The Morgan fingerprint density at radius 1 is 1.35 bits per heavy atom. The molecule has 0 unspecified atom stereocenters. The van der Waals surface area contributed by atoms with Crippen LogP contribution in [0.5, 0.6) is 0 Å². The van der Waals surface area contributed by atoms with Gasteiger partial charge in [-0.2, -0.15) is 0 Å². The van der Waals surface area contributed by atoms with Gasteiger partial charge in [0.05, 0.1) is 10.2 Å². The van der Waals surface area contributed by atoms with Gasteiger partial charge in [0.2, 0.25) is 0 Å². The average molecular weight is 335 g/mol. The van der Waals surface area contributed by atoms with Crippen LogP contribution in [0.15, 0.2) is 41.3 Å². The molecule has 0 saturated carbocycles. The first kappa shape index (κ1) is 14.5. The van der Waals surface area contributed by atoms with Gasteiger partial charge in [0, 0.05) is 30.7 Å². The minimum Gasteiger partial charge on any atom is -0.370 e. The van der Waals surface area contributed by atoms with E-state index in [9.17, 15) is 4.79 Å². The molecule has 1 amide bonds. The summed E-state index contributed by atoms with van der Waals surface area (Å²) in [6.45, 7) is 2.90. The van der Waals surface area contributed by atoms with Crippen LogP contribution >= 0.6 is 15.9 Å². The number of rotatable bonds is 5. The fourth-order valence-corrected chi connectivity index (χ4v) is 1.94. The predicted octanol–water partition coefficient (Wildman–Crippen LogP) is 3.31. The van der Waals surface area contributed by atoms with Crippen LogP contribution in [-0.4, -0.2) is 22.4 Å². The van der Waals surface area contributed by atoms with E-state index in [0.29, 0.717) is 17.1 Å². The molecule has 0 bridgehead atoms. The third kappa shape index (κ3) is 3.77. The summed E-state index contributed by atoms with van der Waals surface area (Å²) >= 11 is 3.34. The molecule has 2 aromatic rings. The molecular formula is C14H15BrN4O. The molecule has 2 rings (SSSR count). The molecule has 0 atom stereocenters. The maximum atomic E-state index is 12.2. The van der Waals surface area contributed by atoms with Crippen LogP contribution in [0.3, 0.4) is 0 Å². The van der Waals surface area contributed by atoms with Crippen molar-refractivity contribution in [2.45, 2.75) is 13.3 Å². The Balaban J connectivity index is 2.11. The van der Waals surface area contributed by atoms with E-state index in [1.54, 1.807) is 36.8 Å². The Morgan fingerprint density at radius 3 is 2.95 bits per heavy atom.